The van der Waals surface area contributed by atoms with Gasteiger partial charge in [-0.2, -0.15) is 4.91 Å². The van der Waals surface area contributed by atoms with Gasteiger partial charge in [0.25, 0.3) is 0 Å². The molecule has 0 N–H and O–H groups in total. The third-order valence-corrected chi connectivity index (χ3v) is 4.10. The highest BCUT2D eigenvalue weighted by atomic mass is 16.6. The minimum Gasteiger partial charge on any atom is -0.374 e. The van der Waals surface area contributed by atoms with Crippen molar-refractivity contribution < 1.29 is 9.47 Å². The molecule has 0 bridgehead atoms. The number of hydrogen-bond donors (Lipinski definition) is 0. The van der Waals surface area contributed by atoms with Crippen molar-refractivity contribution in [2.45, 2.75) is 57.5 Å². The van der Waals surface area contributed by atoms with Crippen molar-refractivity contribution in [2.24, 2.45) is 5.18 Å². The monoisotopic (exact) mass is 277 g/mol. The number of nitrogens with zero attached hydrogens (tertiary/aromatic N) is 1. The quantitative estimate of drug-likeness (QED) is 0.745. The molecule has 0 spiro atoms. The van der Waals surface area contributed by atoms with E-state index >= 15 is 0 Å². The minimum atomic E-state index is -0.506. The Hall–Kier alpha value is -1.26. The Morgan fingerprint density at radius 3 is 2.60 bits per heavy atom. The van der Waals surface area contributed by atoms with Gasteiger partial charge in [-0.05, 0) is 25.8 Å². The molecule has 1 saturated heterocycles. The first kappa shape index (κ1) is 15.1. The lowest BCUT2D eigenvalue weighted by atomic mass is 9.92. The van der Waals surface area contributed by atoms with Crippen molar-refractivity contribution in [3.63, 3.8) is 0 Å². The molecule has 1 heterocycles. The van der Waals surface area contributed by atoms with Gasteiger partial charge >= 0.3 is 0 Å². The van der Waals surface area contributed by atoms with Crippen LogP contribution in [0.4, 0.5) is 0 Å². The molecule has 0 aliphatic carbocycles. The Labute approximate surface area is 120 Å². The van der Waals surface area contributed by atoms with Gasteiger partial charge in [-0.15, -0.1) is 0 Å². The van der Waals surface area contributed by atoms with Crippen LogP contribution in [0.5, 0.6) is 0 Å². The zero-order valence-electron chi connectivity index (χ0n) is 12.5. The minimum absolute atomic E-state index is 0.303. The maximum Gasteiger partial charge on any atom is 0.123 e. The maximum atomic E-state index is 11.0. The first-order valence-corrected chi connectivity index (χ1v) is 7.16. The largest absolute Gasteiger partial charge is 0.374 e. The van der Waals surface area contributed by atoms with Crippen LogP contribution in [-0.2, 0) is 16.1 Å². The molecular weight excluding hydrogens is 254 g/mol. The van der Waals surface area contributed by atoms with Crippen LogP contribution in [0.2, 0.25) is 0 Å². The summed E-state index contributed by atoms with van der Waals surface area (Å²) in [6, 6.07) is 9.75. The molecule has 1 aromatic carbocycles. The van der Waals surface area contributed by atoms with E-state index in [9.17, 15) is 4.91 Å². The first-order valence-electron chi connectivity index (χ1n) is 7.16. The molecule has 0 aromatic heterocycles. The van der Waals surface area contributed by atoms with Crippen LogP contribution in [0.15, 0.2) is 35.5 Å². The second-order valence-corrected chi connectivity index (χ2v) is 6.05. The third kappa shape index (κ3) is 3.25. The molecule has 0 radical (unpaired) electrons. The average Bonchev–Trinajstić information content (AvgIpc) is 2.71. The molecule has 0 amide bonds. The lowest BCUT2D eigenvalue weighted by molar-refractivity contribution is -0.128. The lowest BCUT2D eigenvalue weighted by Crippen LogP contribution is -2.36. The lowest BCUT2D eigenvalue weighted by Gasteiger charge is -2.30. The van der Waals surface area contributed by atoms with Crippen molar-refractivity contribution in [3.8, 4) is 0 Å². The SMILES string of the molecule is CCC1(COCc2ccccc2)CC(N=O)C(C)(C)O1. The fraction of sp³-hybridized carbons (Fsp3) is 0.625. The average molecular weight is 277 g/mol. The summed E-state index contributed by atoms with van der Waals surface area (Å²) >= 11 is 0. The molecule has 20 heavy (non-hydrogen) atoms. The van der Waals surface area contributed by atoms with Crippen LogP contribution in [0, 0.1) is 4.91 Å². The van der Waals surface area contributed by atoms with Crippen molar-refractivity contribution in [3.05, 3.63) is 40.8 Å². The van der Waals surface area contributed by atoms with E-state index in [4.69, 9.17) is 9.47 Å². The summed E-state index contributed by atoms with van der Waals surface area (Å²) in [6.07, 6.45) is 1.45. The highest BCUT2D eigenvalue weighted by Crippen LogP contribution is 2.41. The van der Waals surface area contributed by atoms with Crippen LogP contribution in [0.25, 0.3) is 0 Å². The van der Waals surface area contributed by atoms with Crippen LogP contribution < -0.4 is 0 Å². The zero-order valence-corrected chi connectivity index (χ0v) is 12.5. The van der Waals surface area contributed by atoms with E-state index < -0.39 is 11.2 Å². The Balaban J connectivity index is 1.94. The molecule has 1 aromatic rings. The highest BCUT2D eigenvalue weighted by Gasteiger charge is 2.51. The summed E-state index contributed by atoms with van der Waals surface area (Å²) in [4.78, 5) is 11.0. The molecule has 1 aliphatic rings. The molecule has 4 nitrogen and oxygen atoms in total. The molecule has 2 rings (SSSR count). The van der Waals surface area contributed by atoms with E-state index in [0.717, 1.165) is 12.0 Å². The molecule has 4 heteroatoms. The summed E-state index contributed by atoms with van der Waals surface area (Å²) in [5.41, 5.74) is 0.242. The van der Waals surface area contributed by atoms with Crippen molar-refractivity contribution >= 4 is 0 Å². The smallest absolute Gasteiger partial charge is 0.123 e. The van der Waals surface area contributed by atoms with Gasteiger partial charge in [-0.1, -0.05) is 42.4 Å². The number of ether oxygens (including phenoxy) is 2. The highest BCUT2D eigenvalue weighted by molar-refractivity contribution is 5.13. The molecule has 0 saturated carbocycles. The van der Waals surface area contributed by atoms with E-state index in [-0.39, 0.29) is 6.04 Å². The van der Waals surface area contributed by atoms with Gasteiger partial charge < -0.3 is 9.47 Å². The van der Waals surface area contributed by atoms with E-state index in [1.807, 2.05) is 44.2 Å². The van der Waals surface area contributed by atoms with Crippen LogP contribution in [-0.4, -0.2) is 23.9 Å². The molecule has 2 unspecified atom stereocenters. The second kappa shape index (κ2) is 6.02. The van der Waals surface area contributed by atoms with E-state index in [2.05, 4.69) is 12.1 Å². The first-order chi connectivity index (χ1) is 9.51. The van der Waals surface area contributed by atoms with Gasteiger partial charge in [-0.25, -0.2) is 0 Å². The third-order valence-electron chi connectivity index (χ3n) is 4.10. The zero-order chi connectivity index (χ0) is 14.6. The molecular formula is C16H23NO3. The summed E-state index contributed by atoms with van der Waals surface area (Å²) in [5.74, 6) is 0. The molecule has 1 aliphatic heterocycles. The van der Waals surface area contributed by atoms with Gasteiger partial charge in [0.1, 0.15) is 6.04 Å². The van der Waals surface area contributed by atoms with E-state index in [1.165, 1.54) is 0 Å². The predicted octanol–water partition coefficient (Wildman–Crippen LogP) is 3.69. The van der Waals surface area contributed by atoms with E-state index in [1.54, 1.807) is 0 Å². The summed E-state index contributed by atoms with van der Waals surface area (Å²) in [6.45, 7) is 6.97. The van der Waals surface area contributed by atoms with Gasteiger partial charge in [0.2, 0.25) is 0 Å². The van der Waals surface area contributed by atoms with Gasteiger partial charge in [0.05, 0.1) is 24.4 Å². The molecule has 1 fully saturated rings. The summed E-state index contributed by atoms with van der Waals surface area (Å²) in [7, 11) is 0. The Kier molecular flexibility index (Phi) is 4.55. The maximum absolute atomic E-state index is 11.0. The van der Waals surface area contributed by atoms with Crippen molar-refractivity contribution in [1.29, 1.82) is 0 Å². The van der Waals surface area contributed by atoms with Gasteiger partial charge in [0, 0.05) is 6.42 Å². The van der Waals surface area contributed by atoms with Crippen LogP contribution in [0.3, 0.4) is 0 Å². The molecule has 2 atom stereocenters. The Morgan fingerprint density at radius 2 is 2.05 bits per heavy atom. The summed E-state index contributed by atoms with van der Waals surface area (Å²) < 4.78 is 11.9. The standard InChI is InChI=1S/C16H23NO3/c1-4-16(10-14(17-18)15(2,3)20-16)12-19-11-13-8-6-5-7-9-13/h5-9,14H,4,10-12H2,1-3H3. The van der Waals surface area contributed by atoms with E-state index in [0.29, 0.717) is 19.6 Å². The Bertz CT molecular complexity index is 446. The predicted molar refractivity (Wildman–Crippen MR) is 78.5 cm³/mol. The fourth-order valence-electron chi connectivity index (χ4n) is 2.77. The molecule has 110 valence electrons. The van der Waals surface area contributed by atoms with Crippen LogP contribution >= 0.6 is 0 Å². The summed E-state index contributed by atoms with van der Waals surface area (Å²) in [5, 5.41) is 3.22. The topological polar surface area (TPSA) is 47.9 Å². The normalized spacial score (nSPS) is 28.4. The number of benzene rings is 1. The van der Waals surface area contributed by atoms with Gasteiger partial charge in [-0.3, -0.25) is 0 Å². The number of hydrogen-bond acceptors (Lipinski definition) is 4. The fourth-order valence-corrected chi connectivity index (χ4v) is 2.77. The van der Waals surface area contributed by atoms with Crippen molar-refractivity contribution in [1.82, 2.24) is 0 Å². The van der Waals surface area contributed by atoms with Crippen molar-refractivity contribution in [2.75, 3.05) is 6.61 Å². The van der Waals surface area contributed by atoms with Gasteiger partial charge in [0.15, 0.2) is 0 Å². The van der Waals surface area contributed by atoms with Crippen LogP contribution in [0.1, 0.15) is 39.2 Å². The Morgan fingerprint density at radius 1 is 1.35 bits per heavy atom. The second-order valence-electron chi connectivity index (χ2n) is 6.05. The number of nitroso groups, excluding NO2 is 1. The number of rotatable bonds is 6.